The molecule has 1 nitrogen and oxygen atoms in total. The van der Waals surface area contributed by atoms with E-state index in [4.69, 9.17) is 5.73 Å². The lowest BCUT2D eigenvalue weighted by Crippen LogP contribution is -2.32. The Morgan fingerprint density at radius 1 is 1.47 bits per heavy atom. The maximum atomic E-state index is 13.4. The van der Waals surface area contributed by atoms with Gasteiger partial charge in [0.25, 0.3) is 0 Å². The fourth-order valence-corrected chi connectivity index (χ4v) is 2.27. The largest absolute Gasteiger partial charge is 0.327 e. The molecular weight excluding hydrogens is 196 g/mol. The molecule has 0 bridgehead atoms. The number of hydrogen-bond donors (Lipinski definition) is 1. The third-order valence-electron chi connectivity index (χ3n) is 3.45. The highest BCUT2D eigenvalue weighted by atomic mass is 19.1. The van der Waals surface area contributed by atoms with Crippen molar-refractivity contribution in [3.8, 4) is 0 Å². The Labute approximate surface area is 88.3 Å². The maximum Gasteiger partial charge on any atom is 0.129 e. The minimum Gasteiger partial charge on any atom is -0.327 e. The third-order valence-corrected chi connectivity index (χ3v) is 3.45. The van der Waals surface area contributed by atoms with E-state index in [0.717, 1.165) is 18.4 Å². The number of alkyl halides is 1. The monoisotopic (exact) mass is 211 g/mol. The molecule has 2 N–H and O–H groups in total. The van der Waals surface area contributed by atoms with Gasteiger partial charge < -0.3 is 5.73 Å². The van der Waals surface area contributed by atoms with E-state index in [9.17, 15) is 8.78 Å². The lowest BCUT2D eigenvalue weighted by atomic mass is 9.86. The van der Waals surface area contributed by atoms with Crippen molar-refractivity contribution in [3.63, 3.8) is 0 Å². The van der Waals surface area contributed by atoms with E-state index in [2.05, 4.69) is 0 Å². The highest BCUT2D eigenvalue weighted by molar-refractivity contribution is 5.40. The van der Waals surface area contributed by atoms with E-state index in [-0.39, 0.29) is 17.0 Å². The third kappa shape index (κ3) is 1.55. The van der Waals surface area contributed by atoms with Crippen molar-refractivity contribution in [1.82, 2.24) is 0 Å². The summed E-state index contributed by atoms with van der Waals surface area (Å²) in [6.45, 7) is 1.15. The first-order valence-corrected chi connectivity index (χ1v) is 5.21. The smallest absolute Gasteiger partial charge is 0.129 e. The quantitative estimate of drug-likeness (QED) is 0.817. The standard InChI is InChI=1S/C12H15F2N/c1-8(15)12(5-6-12)10-3-2-4-11(14)9(10)7-13/h2-4,8H,5-7,15H2,1H3. The zero-order valence-electron chi connectivity index (χ0n) is 8.76. The number of benzene rings is 1. The summed E-state index contributed by atoms with van der Waals surface area (Å²) in [4.78, 5) is 0. The molecule has 1 aliphatic carbocycles. The van der Waals surface area contributed by atoms with E-state index in [1.807, 2.05) is 6.92 Å². The van der Waals surface area contributed by atoms with Gasteiger partial charge in [0.1, 0.15) is 12.5 Å². The average molecular weight is 211 g/mol. The van der Waals surface area contributed by atoms with Crippen LogP contribution in [0.3, 0.4) is 0 Å². The number of rotatable bonds is 3. The molecule has 0 spiro atoms. The fourth-order valence-electron chi connectivity index (χ4n) is 2.27. The topological polar surface area (TPSA) is 26.0 Å². The molecule has 0 radical (unpaired) electrons. The van der Waals surface area contributed by atoms with Gasteiger partial charge in [0.15, 0.2) is 0 Å². The van der Waals surface area contributed by atoms with Gasteiger partial charge in [-0.25, -0.2) is 8.78 Å². The number of nitrogens with two attached hydrogens (primary N) is 1. The van der Waals surface area contributed by atoms with Gasteiger partial charge in [-0.2, -0.15) is 0 Å². The Morgan fingerprint density at radius 2 is 2.13 bits per heavy atom. The second-order valence-corrected chi connectivity index (χ2v) is 4.34. The molecule has 1 saturated carbocycles. The number of halogens is 2. The highest BCUT2D eigenvalue weighted by Crippen LogP contribution is 2.51. The van der Waals surface area contributed by atoms with Crippen molar-refractivity contribution in [2.45, 2.75) is 37.9 Å². The van der Waals surface area contributed by atoms with Crippen LogP contribution in [0.4, 0.5) is 8.78 Å². The minimum atomic E-state index is -0.753. The Morgan fingerprint density at radius 3 is 2.60 bits per heavy atom. The van der Waals surface area contributed by atoms with Crippen LogP contribution in [0.5, 0.6) is 0 Å². The van der Waals surface area contributed by atoms with Gasteiger partial charge in [-0.3, -0.25) is 0 Å². The van der Waals surface area contributed by atoms with Crippen molar-refractivity contribution >= 4 is 0 Å². The molecular formula is C12H15F2N. The normalized spacial score (nSPS) is 20.0. The molecule has 0 heterocycles. The summed E-state index contributed by atoms with van der Waals surface area (Å²) in [5.41, 5.74) is 6.67. The van der Waals surface area contributed by atoms with Gasteiger partial charge in [-0.15, -0.1) is 0 Å². The molecule has 3 heteroatoms. The van der Waals surface area contributed by atoms with Crippen LogP contribution in [0.2, 0.25) is 0 Å². The van der Waals surface area contributed by atoms with Crippen LogP contribution in [0, 0.1) is 5.82 Å². The first-order chi connectivity index (χ1) is 7.12. The van der Waals surface area contributed by atoms with E-state index in [1.165, 1.54) is 6.07 Å². The van der Waals surface area contributed by atoms with Crippen molar-refractivity contribution in [2.24, 2.45) is 5.73 Å². The maximum absolute atomic E-state index is 13.4. The molecule has 1 fully saturated rings. The summed E-state index contributed by atoms with van der Waals surface area (Å²) in [5.74, 6) is -0.457. The molecule has 0 saturated heterocycles. The van der Waals surface area contributed by atoms with Crippen LogP contribution >= 0.6 is 0 Å². The SMILES string of the molecule is CC(N)C1(c2cccc(F)c2CF)CC1. The summed E-state index contributed by atoms with van der Waals surface area (Å²) in [7, 11) is 0. The predicted molar refractivity (Wildman–Crippen MR) is 55.8 cm³/mol. The van der Waals surface area contributed by atoms with Crippen LogP contribution in [0.1, 0.15) is 30.9 Å². The molecule has 1 aromatic rings. The van der Waals surface area contributed by atoms with E-state index < -0.39 is 12.5 Å². The van der Waals surface area contributed by atoms with Gasteiger partial charge in [0.2, 0.25) is 0 Å². The molecule has 1 aromatic carbocycles. The van der Waals surface area contributed by atoms with Gasteiger partial charge in [0.05, 0.1) is 0 Å². The zero-order chi connectivity index (χ0) is 11.1. The fraction of sp³-hybridized carbons (Fsp3) is 0.500. The first-order valence-electron chi connectivity index (χ1n) is 5.21. The predicted octanol–water partition coefficient (Wildman–Crippen LogP) is 2.67. The lowest BCUT2D eigenvalue weighted by Gasteiger charge is -2.22. The summed E-state index contributed by atoms with van der Waals surface area (Å²) in [5, 5.41) is 0. The molecule has 1 unspecified atom stereocenters. The van der Waals surface area contributed by atoms with Gasteiger partial charge in [0, 0.05) is 17.0 Å². The van der Waals surface area contributed by atoms with Crippen LogP contribution in [-0.2, 0) is 12.1 Å². The van der Waals surface area contributed by atoms with Crippen LogP contribution in [-0.4, -0.2) is 6.04 Å². The summed E-state index contributed by atoms with van der Waals surface area (Å²) in [6.07, 6.45) is 1.86. The van der Waals surface area contributed by atoms with Crippen molar-refractivity contribution in [1.29, 1.82) is 0 Å². The Hall–Kier alpha value is -0.960. The van der Waals surface area contributed by atoms with Crippen molar-refractivity contribution in [3.05, 3.63) is 35.1 Å². The second-order valence-electron chi connectivity index (χ2n) is 4.34. The van der Waals surface area contributed by atoms with Crippen molar-refractivity contribution in [2.75, 3.05) is 0 Å². The summed E-state index contributed by atoms with van der Waals surface area (Å²) >= 11 is 0. The van der Waals surface area contributed by atoms with E-state index >= 15 is 0 Å². The Bertz CT molecular complexity index is 370. The highest BCUT2D eigenvalue weighted by Gasteiger charge is 2.48. The molecule has 0 aliphatic heterocycles. The zero-order valence-corrected chi connectivity index (χ0v) is 8.76. The van der Waals surface area contributed by atoms with E-state index in [1.54, 1.807) is 12.1 Å². The molecule has 0 amide bonds. The van der Waals surface area contributed by atoms with Crippen molar-refractivity contribution < 1.29 is 8.78 Å². The molecule has 1 aliphatic rings. The molecule has 0 aromatic heterocycles. The summed E-state index contributed by atoms with van der Waals surface area (Å²) in [6, 6.07) is 4.68. The van der Waals surface area contributed by atoms with Crippen LogP contribution < -0.4 is 5.73 Å². The van der Waals surface area contributed by atoms with Gasteiger partial charge in [-0.05, 0) is 31.4 Å². The van der Waals surface area contributed by atoms with Gasteiger partial charge >= 0.3 is 0 Å². The van der Waals surface area contributed by atoms with Crippen LogP contribution in [0.15, 0.2) is 18.2 Å². The molecule has 82 valence electrons. The van der Waals surface area contributed by atoms with E-state index in [0.29, 0.717) is 0 Å². The Balaban J connectivity index is 2.49. The minimum absolute atomic E-state index is 0.0513. The second kappa shape index (κ2) is 3.56. The molecule has 15 heavy (non-hydrogen) atoms. The number of hydrogen-bond acceptors (Lipinski definition) is 1. The molecule has 1 atom stereocenters. The average Bonchev–Trinajstić information content (AvgIpc) is 2.98. The molecule has 2 rings (SSSR count). The Kier molecular flexibility index (Phi) is 2.51. The summed E-state index contributed by atoms with van der Waals surface area (Å²) < 4.78 is 26.2. The van der Waals surface area contributed by atoms with Crippen LogP contribution in [0.25, 0.3) is 0 Å². The van der Waals surface area contributed by atoms with Gasteiger partial charge in [-0.1, -0.05) is 12.1 Å². The lowest BCUT2D eigenvalue weighted by molar-refractivity contribution is 0.448. The first kappa shape index (κ1) is 10.6.